The summed E-state index contributed by atoms with van der Waals surface area (Å²) in [5, 5.41) is 9.14. The van der Waals surface area contributed by atoms with Crippen LogP contribution in [0.3, 0.4) is 0 Å². The van der Waals surface area contributed by atoms with Crippen molar-refractivity contribution in [1.82, 2.24) is 9.88 Å². The zero-order chi connectivity index (χ0) is 21.1. The lowest BCUT2D eigenvalue weighted by atomic mass is 10.1. The number of para-hydroxylation sites is 1. The molecular weight excluding hydrogens is 402 g/mol. The number of hydrogen-bond acceptors (Lipinski definition) is 8. The van der Waals surface area contributed by atoms with E-state index in [2.05, 4.69) is 15.0 Å². The molecule has 0 N–H and O–H groups in total. The minimum absolute atomic E-state index is 0.0168. The molecule has 8 nitrogen and oxygen atoms in total. The van der Waals surface area contributed by atoms with Gasteiger partial charge in [-0.15, -0.1) is 11.3 Å². The number of amides is 1. The lowest BCUT2D eigenvalue weighted by Gasteiger charge is -2.37. The van der Waals surface area contributed by atoms with Gasteiger partial charge in [0, 0.05) is 38.0 Å². The van der Waals surface area contributed by atoms with Crippen LogP contribution in [0.1, 0.15) is 19.0 Å². The van der Waals surface area contributed by atoms with Gasteiger partial charge < -0.3 is 14.5 Å². The minimum atomic E-state index is -0.541. The van der Waals surface area contributed by atoms with Gasteiger partial charge in [-0.25, -0.2) is 9.78 Å². The van der Waals surface area contributed by atoms with Crippen LogP contribution >= 0.6 is 11.3 Å². The molecule has 0 radical (unpaired) electrons. The highest BCUT2D eigenvalue weighted by molar-refractivity contribution is 7.13. The fraction of sp³-hybridized carbons (Fsp3) is 0.429. The maximum Gasteiger partial charge on any atom is 0.354 e. The third kappa shape index (κ3) is 4.16. The molecule has 1 atom stereocenters. The van der Waals surface area contributed by atoms with Crippen molar-refractivity contribution >= 4 is 39.7 Å². The van der Waals surface area contributed by atoms with Gasteiger partial charge >= 0.3 is 5.97 Å². The summed E-state index contributed by atoms with van der Waals surface area (Å²) in [6.45, 7) is 6.73. The molecule has 1 amide bonds. The number of hydrogen-bond donors (Lipinski definition) is 0. The van der Waals surface area contributed by atoms with Crippen molar-refractivity contribution in [3.05, 3.63) is 41.4 Å². The normalized spacial score (nSPS) is 19.1. The Bertz CT molecular complexity index is 937. The number of benzene rings is 1. The topological polar surface area (TPSA) is 78.3 Å². The van der Waals surface area contributed by atoms with Gasteiger partial charge in [0.1, 0.15) is 11.8 Å². The standard InChI is InChI=1S/C21H25N5O3S/c1-3-29-20(28)17-13-18(26(23-17)16-7-5-4-6-8-16)19(27)24-9-11-25(12-10-24)21-22-15(2)14-30-21/h4-8,14,18H,3,9-13H2,1-2H3. The molecule has 2 aliphatic rings. The van der Waals surface area contributed by atoms with Crippen molar-refractivity contribution in [1.29, 1.82) is 0 Å². The molecule has 2 aliphatic heterocycles. The zero-order valence-corrected chi connectivity index (χ0v) is 18.0. The molecule has 3 heterocycles. The SMILES string of the molecule is CCOC(=O)C1=NN(c2ccccc2)C(C(=O)N2CCN(c3nc(C)cs3)CC2)C1. The summed E-state index contributed by atoms with van der Waals surface area (Å²) < 4.78 is 5.11. The number of aryl methyl sites for hydroxylation is 1. The second-order valence-corrected chi connectivity index (χ2v) is 8.09. The van der Waals surface area contributed by atoms with Gasteiger partial charge in [-0.2, -0.15) is 5.10 Å². The van der Waals surface area contributed by atoms with Gasteiger partial charge in [0.15, 0.2) is 5.13 Å². The summed E-state index contributed by atoms with van der Waals surface area (Å²) in [5.41, 5.74) is 2.09. The van der Waals surface area contributed by atoms with E-state index < -0.39 is 12.0 Å². The zero-order valence-electron chi connectivity index (χ0n) is 17.2. The number of ether oxygens (including phenoxy) is 1. The molecule has 0 spiro atoms. The van der Waals surface area contributed by atoms with Gasteiger partial charge in [0.25, 0.3) is 0 Å². The highest BCUT2D eigenvalue weighted by Gasteiger charge is 2.39. The third-order valence-electron chi connectivity index (χ3n) is 5.20. The molecule has 1 unspecified atom stereocenters. The number of carbonyl (C=O) groups excluding carboxylic acids is 2. The minimum Gasteiger partial charge on any atom is -0.461 e. The van der Waals surface area contributed by atoms with Crippen LogP contribution < -0.4 is 9.91 Å². The molecule has 1 aromatic carbocycles. The number of piperazine rings is 1. The Hall–Kier alpha value is -2.94. The predicted molar refractivity (Wildman–Crippen MR) is 117 cm³/mol. The average molecular weight is 428 g/mol. The molecule has 30 heavy (non-hydrogen) atoms. The summed E-state index contributed by atoms with van der Waals surface area (Å²) in [6.07, 6.45) is 0.248. The molecule has 1 fully saturated rings. The van der Waals surface area contributed by atoms with Crippen molar-refractivity contribution in [2.45, 2.75) is 26.3 Å². The molecule has 0 aliphatic carbocycles. The van der Waals surface area contributed by atoms with E-state index in [4.69, 9.17) is 4.74 Å². The number of rotatable bonds is 5. The first-order chi connectivity index (χ1) is 14.6. The lowest BCUT2D eigenvalue weighted by Crippen LogP contribution is -2.53. The smallest absolute Gasteiger partial charge is 0.354 e. The second-order valence-electron chi connectivity index (χ2n) is 7.25. The largest absolute Gasteiger partial charge is 0.461 e. The van der Waals surface area contributed by atoms with E-state index in [1.807, 2.05) is 47.5 Å². The Morgan fingerprint density at radius 2 is 1.90 bits per heavy atom. The Morgan fingerprint density at radius 3 is 2.53 bits per heavy atom. The monoisotopic (exact) mass is 427 g/mol. The Balaban J connectivity index is 1.47. The fourth-order valence-electron chi connectivity index (χ4n) is 3.67. The van der Waals surface area contributed by atoms with Crippen molar-refractivity contribution in [2.75, 3.05) is 42.7 Å². The van der Waals surface area contributed by atoms with E-state index >= 15 is 0 Å². The van der Waals surface area contributed by atoms with Crippen LogP contribution in [0.15, 0.2) is 40.8 Å². The maximum absolute atomic E-state index is 13.4. The number of aromatic nitrogens is 1. The molecule has 158 valence electrons. The highest BCUT2D eigenvalue weighted by Crippen LogP contribution is 2.27. The molecule has 9 heteroatoms. The molecule has 1 aromatic heterocycles. The van der Waals surface area contributed by atoms with Crippen LogP contribution in [0.5, 0.6) is 0 Å². The first-order valence-electron chi connectivity index (χ1n) is 10.1. The van der Waals surface area contributed by atoms with Crippen molar-refractivity contribution < 1.29 is 14.3 Å². The maximum atomic E-state index is 13.4. The first kappa shape index (κ1) is 20.3. The number of thiazole rings is 1. The molecule has 1 saturated heterocycles. The quantitative estimate of drug-likeness (QED) is 0.682. The average Bonchev–Trinajstić information content (AvgIpc) is 3.41. The van der Waals surface area contributed by atoms with E-state index in [0.29, 0.717) is 13.1 Å². The number of carbonyl (C=O) groups is 2. The van der Waals surface area contributed by atoms with Crippen LogP contribution in [-0.2, 0) is 14.3 Å². The number of nitrogens with zero attached hydrogens (tertiary/aromatic N) is 5. The first-order valence-corrected chi connectivity index (χ1v) is 11.0. The van der Waals surface area contributed by atoms with Crippen LogP contribution in [-0.4, -0.2) is 66.3 Å². The van der Waals surface area contributed by atoms with Crippen LogP contribution in [0, 0.1) is 6.92 Å². The summed E-state index contributed by atoms with van der Waals surface area (Å²) in [4.78, 5) is 34.3. The van der Waals surface area contributed by atoms with Crippen LogP contribution in [0.4, 0.5) is 10.8 Å². The summed E-state index contributed by atoms with van der Waals surface area (Å²) in [6, 6.07) is 8.93. The lowest BCUT2D eigenvalue weighted by molar-refractivity contribution is -0.135. The van der Waals surface area contributed by atoms with E-state index in [0.717, 1.165) is 29.6 Å². The predicted octanol–water partition coefficient (Wildman–Crippen LogP) is 2.30. The molecule has 0 saturated carbocycles. The number of esters is 1. The molecule has 4 rings (SSSR count). The highest BCUT2D eigenvalue weighted by atomic mass is 32.1. The van der Waals surface area contributed by atoms with Gasteiger partial charge in [0.2, 0.25) is 5.91 Å². The molecule has 2 aromatic rings. The third-order valence-corrected chi connectivity index (χ3v) is 6.22. The van der Waals surface area contributed by atoms with Crippen molar-refractivity contribution in [2.24, 2.45) is 5.10 Å². The van der Waals surface area contributed by atoms with Gasteiger partial charge in [-0.05, 0) is 26.0 Å². The van der Waals surface area contributed by atoms with Crippen LogP contribution in [0.2, 0.25) is 0 Å². The molecule has 0 bridgehead atoms. The van der Waals surface area contributed by atoms with Gasteiger partial charge in [-0.3, -0.25) is 9.80 Å². The van der Waals surface area contributed by atoms with E-state index in [-0.39, 0.29) is 24.6 Å². The van der Waals surface area contributed by atoms with E-state index in [1.54, 1.807) is 23.3 Å². The summed E-state index contributed by atoms with van der Waals surface area (Å²) in [7, 11) is 0. The molecular formula is C21H25N5O3S. The van der Waals surface area contributed by atoms with Gasteiger partial charge in [0.05, 0.1) is 18.0 Å². The van der Waals surface area contributed by atoms with Crippen molar-refractivity contribution in [3.63, 3.8) is 0 Å². The van der Waals surface area contributed by atoms with E-state index in [1.165, 1.54) is 0 Å². The Kier molecular flexibility index (Phi) is 5.98. The Labute approximate surface area is 179 Å². The van der Waals surface area contributed by atoms with Crippen molar-refractivity contribution in [3.8, 4) is 0 Å². The number of hydrazone groups is 1. The summed E-state index contributed by atoms with van der Waals surface area (Å²) >= 11 is 1.63. The second kappa shape index (κ2) is 8.83. The number of anilines is 2. The summed E-state index contributed by atoms with van der Waals surface area (Å²) in [5.74, 6) is -0.477. The Morgan fingerprint density at radius 1 is 1.17 bits per heavy atom. The van der Waals surface area contributed by atoms with E-state index in [9.17, 15) is 9.59 Å². The van der Waals surface area contributed by atoms with Crippen LogP contribution in [0.25, 0.3) is 0 Å². The fourth-order valence-corrected chi connectivity index (χ4v) is 4.53. The van der Waals surface area contributed by atoms with Gasteiger partial charge in [-0.1, -0.05) is 18.2 Å².